The molecule has 0 N–H and O–H groups in total. The second-order valence-electron chi connectivity index (χ2n) is 4.30. The molecule has 1 aromatic carbocycles. The van der Waals surface area contributed by atoms with Crippen LogP contribution in [0, 0.1) is 13.8 Å². The van der Waals surface area contributed by atoms with Gasteiger partial charge in [0.1, 0.15) is 0 Å². The van der Waals surface area contributed by atoms with E-state index in [-0.39, 0.29) is 0 Å². The molecule has 104 valence electrons. The molecular weight excluding hydrogens is 256 g/mol. The Morgan fingerprint density at radius 1 is 1.30 bits per heavy atom. The van der Waals surface area contributed by atoms with Crippen molar-refractivity contribution in [1.29, 1.82) is 0 Å². The number of rotatable bonds is 4. The van der Waals surface area contributed by atoms with E-state index in [0.29, 0.717) is 18.1 Å². The molecule has 1 aromatic heterocycles. The number of aryl methyl sites for hydroxylation is 2. The minimum absolute atomic E-state index is 0.290. The summed E-state index contributed by atoms with van der Waals surface area (Å²) in [7, 11) is 0. The molecule has 0 aliphatic heterocycles. The van der Waals surface area contributed by atoms with Crippen LogP contribution in [-0.4, -0.2) is 32.8 Å². The summed E-state index contributed by atoms with van der Waals surface area (Å²) in [6.07, 6.45) is 1.71. The predicted molar refractivity (Wildman–Crippen MR) is 74.5 cm³/mol. The number of tetrazole rings is 1. The molecule has 0 radical (unpaired) electrons. The first kappa shape index (κ1) is 13.9. The third kappa shape index (κ3) is 3.09. The molecule has 20 heavy (non-hydrogen) atoms. The van der Waals surface area contributed by atoms with E-state index in [2.05, 4.69) is 15.5 Å². The molecule has 2 rings (SSSR count). The van der Waals surface area contributed by atoms with Crippen molar-refractivity contribution in [1.82, 2.24) is 20.2 Å². The first-order chi connectivity index (χ1) is 9.61. The fourth-order valence-corrected chi connectivity index (χ4v) is 1.69. The van der Waals surface area contributed by atoms with Crippen LogP contribution >= 0.6 is 0 Å². The van der Waals surface area contributed by atoms with Gasteiger partial charge in [-0.2, -0.15) is 4.68 Å². The molecule has 2 aromatic rings. The standard InChI is InChI=1S/C14H16N4O2/c1-4-20-14(19)13(18-11(3)15-16-17-18)9-12-7-5-10(2)6-8-12/h5-9H,4H2,1-3H3/b13-9-. The van der Waals surface area contributed by atoms with Crippen molar-refractivity contribution >= 4 is 17.7 Å². The van der Waals surface area contributed by atoms with E-state index in [4.69, 9.17) is 4.74 Å². The van der Waals surface area contributed by atoms with Crippen molar-refractivity contribution in [3.05, 3.63) is 41.2 Å². The van der Waals surface area contributed by atoms with Crippen molar-refractivity contribution in [2.75, 3.05) is 6.61 Å². The van der Waals surface area contributed by atoms with Crippen LogP contribution in [0.4, 0.5) is 0 Å². The highest BCUT2D eigenvalue weighted by Gasteiger charge is 2.17. The van der Waals surface area contributed by atoms with Crippen LogP contribution in [0.25, 0.3) is 11.8 Å². The number of nitrogens with zero attached hydrogens (tertiary/aromatic N) is 4. The average Bonchev–Trinajstić information content (AvgIpc) is 2.84. The summed E-state index contributed by atoms with van der Waals surface area (Å²) in [4.78, 5) is 12.1. The van der Waals surface area contributed by atoms with Crippen molar-refractivity contribution in [2.45, 2.75) is 20.8 Å². The topological polar surface area (TPSA) is 69.9 Å². The van der Waals surface area contributed by atoms with Crippen LogP contribution in [0.1, 0.15) is 23.9 Å². The molecule has 0 aliphatic carbocycles. The average molecular weight is 272 g/mol. The van der Waals surface area contributed by atoms with Gasteiger partial charge < -0.3 is 4.74 Å². The lowest BCUT2D eigenvalue weighted by Crippen LogP contribution is -2.14. The molecular formula is C14H16N4O2. The van der Waals surface area contributed by atoms with Crippen LogP contribution < -0.4 is 0 Å². The smallest absolute Gasteiger partial charge is 0.357 e. The molecule has 0 amide bonds. The normalized spacial score (nSPS) is 11.4. The molecule has 0 bridgehead atoms. The summed E-state index contributed by atoms with van der Waals surface area (Å²) in [5.41, 5.74) is 2.32. The zero-order valence-electron chi connectivity index (χ0n) is 11.7. The van der Waals surface area contributed by atoms with Gasteiger partial charge in [-0.15, -0.1) is 5.10 Å². The zero-order chi connectivity index (χ0) is 14.5. The number of ether oxygens (including phenoxy) is 1. The Kier molecular flexibility index (Phi) is 4.24. The van der Waals surface area contributed by atoms with Gasteiger partial charge in [0.25, 0.3) is 0 Å². The van der Waals surface area contributed by atoms with Crippen LogP contribution in [-0.2, 0) is 9.53 Å². The van der Waals surface area contributed by atoms with Gasteiger partial charge in [0.2, 0.25) is 0 Å². The maximum Gasteiger partial charge on any atom is 0.357 e. The summed E-state index contributed by atoms with van der Waals surface area (Å²) in [6, 6.07) is 7.80. The van der Waals surface area contributed by atoms with Gasteiger partial charge >= 0.3 is 5.97 Å². The summed E-state index contributed by atoms with van der Waals surface area (Å²) in [6.45, 7) is 5.78. The first-order valence-corrected chi connectivity index (χ1v) is 6.32. The fourth-order valence-electron chi connectivity index (χ4n) is 1.69. The van der Waals surface area contributed by atoms with Gasteiger partial charge in [-0.25, -0.2) is 4.79 Å². The molecule has 6 heteroatoms. The van der Waals surface area contributed by atoms with Gasteiger partial charge in [-0.05, 0) is 42.8 Å². The van der Waals surface area contributed by atoms with Crippen LogP contribution in [0.5, 0.6) is 0 Å². The largest absolute Gasteiger partial charge is 0.461 e. The second kappa shape index (κ2) is 6.10. The van der Waals surface area contributed by atoms with E-state index < -0.39 is 5.97 Å². The molecule has 0 saturated heterocycles. The molecule has 1 heterocycles. The van der Waals surface area contributed by atoms with E-state index in [1.54, 1.807) is 19.9 Å². The maximum atomic E-state index is 12.1. The maximum absolute atomic E-state index is 12.1. The minimum Gasteiger partial charge on any atom is -0.461 e. The van der Waals surface area contributed by atoms with Crippen molar-refractivity contribution in [3.63, 3.8) is 0 Å². The van der Waals surface area contributed by atoms with Crippen molar-refractivity contribution < 1.29 is 9.53 Å². The Hall–Kier alpha value is -2.50. The van der Waals surface area contributed by atoms with Gasteiger partial charge in [-0.1, -0.05) is 29.8 Å². The van der Waals surface area contributed by atoms with Crippen LogP contribution in [0.3, 0.4) is 0 Å². The molecule has 0 aliphatic rings. The number of hydrogen-bond acceptors (Lipinski definition) is 5. The summed E-state index contributed by atoms with van der Waals surface area (Å²) < 4.78 is 6.43. The highest BCUT2D eigenvalue weighted by atomic mass is 16.5. The van der Waals surface area contributed by atoms with E-state index in [1.165, 1.54) is 4.68 Å². The van der Waals surface area contributed by atoms with Gasteiger partial charge in [0.05, 0.1) is 6.61 Å². The number of esters is 1. The first-order valence-electron chi connectivity index (χ1n) is 6.32. The minimum atomic E-state index is -0.455. The quantitative estimate of drug-likeness (QED) is 0.627. The Morgan fingerprint density at radius 2 is 2.00 bits per heavy atom. The van der Waals surface area contributed by atoms with E-state index in [1.807, 2.05) is 31.2 Å². The van der Waals surface area contributed by atoms with E-state index >= 15 is 0 Å². The van der Waals surface area contributed by atoms with E-state index in [9.17, 15) is 4.79 Å². The fraction of sp³-hybridized carbons (Fsp3) is 0.286. The number of benzene rings is 1. The molecule has 0 unspecified atom stereocenters. The monoisotopic (exact) mass is 272 g/mol. The summed E-state index contributed by atoms with van der Waals surface area (Å²) in [5.74, 6) is 0.0693. The predicted octanol–water partition coefficient (Wildman–Crippen LogP) is 1.85. The number of carbonyl (C=O) groups excluding carboxylic acids is 1. The SMILES string of the molecule is CCOC(=O)/C(=C/c1ccc(C)cc1)n1nnnc1C. The Balaban J connectivity index is 2.43. The highest BCUT2D eigenvalue weighted by molar-refractivity contribution is 6.15. The summed E-state index contributed by atoms with van der Waals surface area (Å²) >= 11 is 0. The number of aromatic nitrogens is 4. The lowest BCUT2D eigenvalue weighted by molar-refractivity contribution is -0.136. The third-order valence-electron chi connectivity index (χ3n) is 2.72. The lowest BCUT2D eigenvalue weighted by Gasteiger charge is -2.07. The highest BCUT2D eigenvalue weighted by Crippen LogP contribution is 2.14. The molecule has 0 spiro atoms. The van der Waals surface area contributed by atoms with Gasteiger partial charge in [0.15, 0.2) is 11.5 Å². The van der Waals surface area contributed by atoms with Crippen molar-refractivity contribution in [2.24, 2.45) is 0 Å². The molecule has 0 fully saturated rings. The molecule has 6 nitrogen and oxygen atoms in total. The lowest BCUT2D eigenvalue weighted by atomic mass is 10.1. The molecule has 0 atom stereocenters. The number of carbonyl (C=O) groups is 1. The Labute approximate surface area is 117 Å². The molecule has 0 saturated carbocycles. The Morgan fingerprint density at radius 3 is 2.55 bits per heavy atom. The summed E-state index contributed by atoms with van der Waals surface area (Å²) in [5, 5.41) is 11.2. The third-order valence-corrected chi connectivity index (χ3v) is 2.72. The number of hydrogen-bond donors (Lipinski definition) is 0. The Bertz CT molecular complexity index is 629. The van der Waals surface area contributed by atoms with Crippen molar-refractivity contribution in [3.8, 4) is 0 Å². The van der Waals surface area contributed by atoms with Gasteiger partial charge in [0, 0.05) is 0 Å². The zero-order valence-corrected chi connectivity index (χ0v) is 11.7. The van der Waals surface area contributed by atoms with E-state index in [0.717, 1.165) is 11.1 Å². The van der Waals surface area contributed by atoms with Crippen LogP contribution in [0.15, 0.2) is 24.3 Å². The van der Waals surface area contributed by atoms with Crippen LogP contribution in [0.2, 0.25) is 0 Å². The van der Waals surface area contributed by atoms with Gasteiger partial charge in [-0.3, -0.25) is 0 Å². The second-order valence-corrected chi connectivity index (χ2v) is 4.30.